The van der Waals surface area contributed by atoms with Crippen molar-refractivity contribution in [2.45, 2.75) is 26.6 Å². The van der Waals surface area contributed by atoms with E-state index in [2.05, 4.69) is 10.1 Å². The summed E-state index contributed by atoms with van der Waals surface area (Å²) in [7, 11) is 1.71. The molecule has 1 N–H and O–H groups in total. The number of hydrogen-bond acceptors (Lipinski definition) is 3. The van der Waals surface area contributed by atoms with Crippen LogP contribution in [-0.4, -0.2) is 24.5 Å². The second-order valence-electron chi connectivity index (χ2n) is 5.87. The maximum atomic E-state index is 12.5. The zero-order valence-electron chi connectivity index (χ0n) is 13.6. The number of amides is 1. The number of rotatable bonds is 3. The third kappa shape index (κ3) is 2.79. The van der Waals surface area contributed by atoms with E-state index < -0.39 is 6.61 Å². The van der Waals surface area contributed by atoms with Crippen molar-refractivity contribution >= 4 is 11.6 Å². The number of para-hydroxylation sites is 1. The maximum absolute atomic E-state index is 12.5. The van der Waals surface area contributed by atoms with E-state index in [9.17, 15) is 13.6 Å². The van der Waals surface area contributed by atoms with Crippen molar-refractivity contribution in [3.63, 3.8) is 0 Å². The maximum Gasteiger partial charge on any atom is 0.387 e. The fourth-order valence-corrected chi connectivity index (χ4v) is 3.07. The van der Waals surface area contributed by atoms with Gasteiger partial charge in [0.05, 0.1) is 5.56 Å². The zero-order chi connectivity index (χ0) is 17.4. The Kier molecular flexibility index (Phi) is 4.13. The molecular formula is C18H18F2N2O2. The molecule has 2 aromatic carbocycles. The lowest BCUT2D eigenvalue weighted by Crippen LogP contribution is -2.40. The summed E-state index contributed by atoms with van der Waals surface area (Å²) in [6.45, 7) is 0.566. The smallest absolute Gasteiger partial charge is 0.387 e. The second-order valence-corrected chi connectivity index (χ2v) is 5.87. The summed E-state index contributed by atoms with van der Waals surface area (Å²) >= 11 is 0. The predicted molar refractivity (Wildman–Crippen MR) is 87.4 cm³/mol. The van der Waals surface area contributed by atoms with Gasteiger partial charge < -0.3 is 15.0 Å². The Balaban J connectivity index is 1.99. The molecule has 1 aliphatic heterocycles. The number of anilines is 1. The molecule has 0 saturated carbocycles. The summed E-state index contributed by atoms with van der Waals surface area (Å²) < 4.78 is 29.6. The largest absolute Gasteiger partial charge is 0.434 e. The van der Waals surface area contributed by atoms with Gasteiger partial charge in [-0.1, -0.05) is 12.1 Å². The lowest BCUT2D eigenvalue weighted by Gasteiger charge is -2.36. The minimum atomic E-state index is -2.86. The fraction of sp³-hybridized carbons (Fsp3) is 0.278. The van der Waals surface area contributed by atoms with Crippen molar-refractivity contribution < 1.29 is 18.3 Å². The first-order chi connectivity index (χ1) is 11.4. The average Bonchev–Trinajstić information content (AvgIpc) is 2.54. The number of carbonyl (C=O) groups is 1. The van der Waals surface area contributed by atoms with E-state index in [1.54, 1.807) is 44.0 Å². The van der Waals surface area contributed by atoms with Gasteiger partial charge in [0, 0.05) is 12.7 Å². The molecule has 4 nitrogen and oxygen atoms in total. The molecule has 0 fully saturated rings. The van der Waals surface area contributed by atoms with Crippen molar-refractivity contribution in [1.82, 2.24) is 4.90 Å². The van der Waals surface area contributed by atoms with Crippen molar-refractivity contribution in [3.8, 4) is 5.75 Å². The first-order valence-corrected chi connectivity index (χ1v) is 7.57. The molecular weight excluding hydrogens is 314 g/mol. The van der Waals surface area contributed by atoms with Crippen LogP contribution >= 0.6 is 0 Å². The highest BCUT2D eigenvalue weighted by molar-refractivity contribution is 6.01. The van der Waals surface area contributed by atoms with E-state index >= 15 is 0 Å². The lowest BCUT2D eigenvalue weighted by molar-refractivity contribution is -0.0507. The molecule has 0 aliphatic carbocycles. The molecule has 1 heterocycles. The summed E-state index contributed by atoms with van der Waals surface area (Å²) in [5.74, 6) is 0.0940. The van der Waals surface area contributed by atoms with Gasteiger partial charge in [-0.25, -0.2) is 0 Å². The SMILES string of the molecule is Cc1cc(C2Nc3ccccc3C(=O)N2C)cc(C)c1OC(F)F. The van der Waals surface area contributed by atoms with Crippen LogP contribution in [0.1, 0.15) is 33.2 Å². The molecule has 0 radical (unpaired) electrons. The van der Waals surface area contributed by atoms with Crippen LogP contribution in [0.5, 0.6) is 5.75 Å². The van der Waals surface area contributed by atoms with E-state index in [0.717, 1.165) is 11.3 Å². The summed E-state index contributed by atoms with van der Waals surface area (Å²) in [5.41, 5.74) is 3.40. The average molecular weight is 332 g/mol. The van der Waals surface area contributed by atoms with Crippen LogP contribution in [0.15, 0.2) is 36.4 Å². The Bertz CT molecular complexity index is 769. The van der Waals surface area contributed by atoms with E-state index in [-0.39, 0.29) is 17.8 Å². The number of alkyl halides is 2. The number of halogens is 2. The number of fused-ring (bicyclic) bond motifs is 1. The van der Waals surface area contributed by atoms with Gasteiger partial charge >= 0.3 is 6.61 Å². The Morgan fingerprint density at radius 1 is 1.17 bits per heavy atom. The van der Waals surface area contributed by atoms with Crippen LogP contribution in [0, 0.1) is 13.8 Å². The van der Waals surface area contributed by atoms with Crippen molar-refractivity contribution in [3.05, 3.63) is 58.7 Å². The second kappa shape index (κ2) is 6.11. The van der Waals surface area contributed by atoms with Gasteiger partial charge in [0.1, 0.15) is 11.9 Å². The molecule has 1 unspecified atom stereocenters. The molecule has 0 saturated heterocycles. The summed E-state index contributed by atoms with van der Waals surface area (Å²) in [4.78, 5) is 14.1. The third-order valence-corrected chi connectivity index (χ3v) is 4.16. The van der Waals surface area contributed by atoms with E-state index in [1.165, 1.54) is 0 Å². The summed E-state index contributed by atoms with van der Waals surface area (Å²) in [6, 6.07) is 10.8. The van der Waals surface area contributed by atoms with Crippen molar-refractivity contribution in [2.75, 3.05) is 12.4 Å². The molecule has 0 aromatic heterocycles. The fourth-order valence-electron chi connectivity index (χ4n) is 3.07. The number of nitrogens with one attached hydrogen (secondary N) is 1. The van der Waals surface area contributed by atoms with Crippen LogP contribution in [0.25, 0.3) is 0 Å². The molecule has 1 aliphatic rings. The minimum absolute atomic E-state index is 0.0856. The number of hydrogen-bond donors (Lipinski definition) is 1. The molecule has 2 aromatic rings. The quantitative estimate of drug-likeness (QED) is 0.920. The lowest BCUT2D eigenvalue weighted by atomic mass is 10.00. The van der Waals surface area contributed by atoms with Gasteiger partial charge in [0.15, 0.2) is 0 Å². The normalized spacial score (nSPS) is 16.8. The molecule has 0 bridgehead atoms. The van der Waals surface area contributed by atoms with Crippen LogP contribution in [0.2, 0.25) is 0 Å². The first-order valence-electron chi connectivity index (χ1n) is 7.57. The molecule has 1 atom stereocenters. The number of ether oxygens (including phenoxy) is 1. The van der Waals surface area contributed by atoms with Gasteiger partial charge in [-0.2, -0.15) is 8.78 Å². The highest BCUT2D eigenvalue weighted by Crippen LogP contribution is 2.35. The summed E-state index contributed by atoms with van der Waals surface area (Å²) in [5, 5.41) is 3.32. The summed E-state index contributed by atoms with van der Waals surface area (Å²) in [6.07, 6.45) is -0.370. The third-order valence-electron chi connectivity index (χ3n) is 4.16. The number of benzene rings is 2. The number of carbonyl (C=O) groups excluding carboxylic acids is 1. The van der Waals surface area contributed by atoms with Crippen LogP contribution in [0.3, 0.4) is 0 Å². The van der Waals surface area contributed by atoms with Gasteiger partial charge in [0.2, 0.25) is 0 Å². The van der Waals surface area contributed by atoms with Gasteiger partial charge in [-0.05, 0) is 54.8 Å². The molecule has 3 rings (SSSR count). The number of aryl methyl sites for hydroxylation is 2. The van der Waals surface area contributed by atoms with Crippen LogP contribution < -0.4 is 10.1 Å². The Labute approximate surface area is 139 Å². The highest BCUT2D eigenvalue weighted by atomic mass is 19.3. The van der Waals surface area contributed by atoms with Crippen molar-refractivity contribution in [1.29, 1.82) is 0 Å². The minimum Gasteiger partial charge on any atom is -0.434 e. The molecule has 6 heteroatoms. The van der Waals surface area contributed by atoms with E-state index in [4.69, 9.17) is 0 Å². The van der Waals surface area contributed by atoms with Crippen LogP contribution in [-0.2, 0) is 0 Å². The topological polar surface area (TPSA) is 41.6 Å². The standard InChI is InChI=1S/C18H18F2N2O2/c1-10-8-12(9-11(2)15(10)24-18(19)20)16-21-14-7-5-4-6-13(14)17(23)22(16)3/h4-9,16,18,21H,1-3H3. The Morgan fingerprint density at radius 3 is 2.42 bits per heavy atom. The Morgan fingerprint density at radius 2 is 1.79 bits per heavy atom. The zero-order valence-corrected chi connectivity index (χ0v) is 13.6. The van der Waals surface area contributed by atoms with E-state index in [1.807, 2.05) is 18.2 Å². The monoisotopic (exact) mass is 332 g/mol. The predicted octanol–water partition coefficient (Wildman–Crippen LogP) is 4.10. The van der Waals surface area contributed by atoms with Gasteiger partial charge in [0.25, 0.3) is 5.91 Å². The van der Waals surface area contributed by atoms with E-state index in [0.29, 0.717) is 16.7 Å². The first kappa shape index (κ1) is 16.2. The number of nitrogens with zero attached hydrogens (tertiary/aromatic N) is 1. The molecule has 0 spiro atoms. The highest BCUT2D eigenvalue weighted by Gasteiger charge is 2.30. The molecule has 126 valence electrons. The van der Waals surface area contributed by atoms with Crippen LogP contribution in [0.4, 0.5) is 14.5 Å². The van der Waals surface area contributed by atoms with Crippen molar-refractivity contribution in [2.24, 2.45) is 0 Å². The van der Waals surface area contributed by atoms with Gasteiger partial charge in [-0.3, -0.25) is 4.79 Å². The molecule has 24 heavy (non-hydrogen) atoms. The van der Waals surface area contributed by atoms with Gasteiger partial charge in [-0.15, -0.1) is 0 Å². The molecule has 1 amide bonds. The Hall–Kier alpha value is -2.63.